The fourth-order valence-electron chi connectivity index (χ4n) is 0.802. The molecule has 0 aliphatic heterocycles. The van der Waals surface area contributed by atoms with Crippen molar-refractivity contribution in [2.45, 2.75) is 38.9 Å². The Morgan fingerprint density at radius 3 is 2.20 bits per heavy atom. The van der Waals surface area contributed by atoms with Gasteiger partial charge in [0.05, 0.1) is 11.2 Å². The third-order valence-electron chi connectivity index (χ3n) is 2.67. The summed E-state index contributed by atoms with van der Waals surface area (Å²) in [5, 5.41) is 9.87. The molecule has 0 atom stereocenters. The van der Waals surface area contributed by atoms with Crippen LogP contribution in [0.15, 0.2) is 24.5 Å². The van der Waals surface area contributed by atoms with Gasteiger partial charge in [0, 0.05) is 12.4 Å². The zero-order chi connectivity index (χ0) is 11.5. The Hall–Kier alpha value is -0.865. The lowest BCUT2D eigenvalue weighted by molar-refractivity contribution is -0.0893. The molecule has 0 aromatic carbocycles. The molecule has 1 radical (unpaired) electrons. The summed E-state index contributed by atoms with van der Waals surface area (Å²) in [5.41, 5.74) is -0.588. The minimum atomic E-state index is -0.892. The van der Waals surface area contributed by atoms with E-state index in [1.807, 2.05) is 26.0 Å². The van der Waals surface area contributed by atoms with E-state index in [0.29, 0.717) is 0 Å². The van der Waals surface area contributed by atoms with Crippen molar-refractivity contribution in [3.05, 3.63) is 24.5 Å². The molecule has 0 fully saturated rings. The van der Waals surface area contributed by atoms with Gasteiger partial charge in [0.2, 0.25) is 0 Å². The van der Waals surface area contributed by atoms with Gasteiger partial charge in [-0.15, -0.1) is 0 Å². The van der Waals surface area contributed by atoms with Crippen molar-refractivity contribution in [3.8, 4) is 0 Å². The SMILES string of the molecule is CC(C)(O)C(C)(C)O[B]c1ccncc1. The van der Waals surface area contributed by atoms with Crippen LogP contribution < -0.4 is 5.46 Å². The predicted molar refractivity (Wildman–Crippen MR) is 61.1 cm³/mol. The first kappa shape index (κ1) is 12.2. The molecule has 1 aromatic rings. The van der Waals surface area contributed by atoms with Gasteiger partial charge in [-0.2, -0.15) is 0 Å². The normalized spacial score (nSPS) is 12.6. The van der Waals surface area contributed by atoms with E-state index in [1.165, 1.54) is 0 Å². The zero-order valence-corrected chi connectivity index (χ0v) is 9.69. The standard InChI is InChI=1S/C11H17BNO2/c1-10(2,14)11(3,4)15-12-9-5-7-13-8-6-9/h5-8,14H,1-4H3. The Morgan fingerprint density at radius 2 is 1.73 bits per heavy atom. The van der Waals surface area contributed by atoms with Gasteiger partial charge >= 0.3 is 7.48 Å². The molecule has 1 heterocycles. The molecule has 0 bridgehead atoms. The second-order valence-corrected chi connectivity index (χ2v) is 4.59. The van der Waals surface area contributed by atoms with E-state index in [2.05, 4.69) is 4.98 Å². The lowest BCUT2D eigenvalue weighted by Crippen LogP contribution is -2.49. The first-order chi connectivity index (χ1) is 6.83. The Kier molecular flexibility index (Phi) is 3.52. The number of rotatable bonds is 4. The molecule has 4 heteroatoms. The lowest BCUT2D eigenvalue weighted by Gasteiger charge is -2.37. The van der Waals surface area contributed by atoms with Gasteiger partial charge in [-0.1, -0.05) is 5.46 Å². The maximum absolute atomic E-state index is 9.87. The lowest BCUT2D eigenvalue weighted by atomic mass is 9.83. The second kappa shape index (κ2) is 4.33. The molecule has 0 unspecified atom stereocenters. The highest BCUT2D eigenvalue weighted by atomic mass is 16.5. The number of aliphatic hydroxyl groups is 1. The Bertz CT molecular complexity index is 306. The number of pyridine rings is 1. The van der Waals surface area contributed by atoms with E-state index >= 15 is 0 Å². The van der Waals surface area contributed by atoms with Crippen LogP contribution in [0.3, 0.4) is 0 Å². The second-order valence-electron chi connectivity index (χ2n) is 4.59. The van der Waals surface area contributed by atoms with Crippen LogP contribution >= 0.6 is 0 Å². The fourth-order valence-corrected chi connectivity index (χ4v) is 0.802. The van der Waals surface area contributed by atoms with Gasteiger partial charge in [-0.3, -0.25) is 4.98 Å². The number of hydrogen-bond acceptors (Lipinski definition) is 3. The first-order valence-corrected chi connectivity index (χ1v) is 4.96. The maximum Gasteiger partial charge on any atom is 0.331 e. The largest absolute Gasteiger partial charge is 0.427 e. The fraction of sp³-hybridized carbons (Fsp3) is 0.545. The number of hydrogen-bond donors (Lipinski definition) is 1. The molecule has 3 nitrogen and oxygen atoms in total. The summed E-state index contributed by atoms with van der Waals surface area (Å²) in [6, 6.07) is 3.70. The van der Waals surface area contributed by atoms with Gasteiger partial charge in [-0.05, 0) is 39.8 Å². The van der Waals surface area contributed by atoms with Crippen LogP contribution in [-0.2, 0) is 4.65 Å². The Labute approximate surface area is 91.8 Å². The molecule has 81 valence electrons. The molecule has 0 saturated carbocycles. The average molecular weight is 206 g/mol. The van der Waals surface area contributed by atoms with Gasteiger partial charge in [-0.25, -0.2) is 0 Å². The van der Waals surface area contributed by atoms with Gasteiger partial charge in [0.25, 0.3) is 0 Å². The van der Waals surface area contributed by atoms with Crippen LogP contribution in [0.4, 0.5) is 0 Å². The van der Waals surface area contributed by atoms with Crippen LogP contribution in [-0.4, -0.2) is 28.8 Å². The molecule has 0 aliphatic rings. The van der Waals surface area contributed by atoms with Crippen LogP contribution in [0.1, 0.15) is 27.7 Å². The number of nitrogens with zero attached hydrogens (tertiary/aromatic N) is 1. The van der Waals surface area contributed by atoms with Gasteiger partial charge in [0.1, 0.15) is 0 Å². The van der Waals surface area contributed by atoms with Crippen LogP contribution in [0.5, 0.6) is 0 Å². The highest BCUT2D eigenvalue weighted by Crippen LogP contribution is 2.24. The van der Waals surface area contributed by atoms with Crippen molar-refractivity contribution in [1.29, 1.82) is 0 Å². The molecular weight excluding hydrogens is 189 g/mol. The van der Waals surface area contributed by atoms with Crippen molar-refractivity contribution in [3.63, 3.8) is 0 Å². The van der Waals surface area contributed by atoms with Crippen LogP contribution in [0.25, 0.3) is 0 Å². The van der Waals surface area contributed by atoms with E-state index < -0.39 is 11.2 Å². The molecule has 1 aromatic heterocycles. The molecular formula is C11H17BNO2. The molecule has 0 aliphatic carbocycles. The molecule has 0 amide bonds. The quantitative estimate of drug-likeness (QED) is 0.744. The molecule has 0 saturated heterocycles. The minimum absolute atomic E-state index is 0.629. The monoisotopic (exact) mass is 206 g/mol. The summed E-state index contributed by atoms with van der Waals surface area (Å²) in [5.74, 6) is 0. The van der Waals surface area contributed by atoms with Gasteiger partial charge in [0.15, 0.2) is 0 Å². The van der Waals surface area contributed by atoms with Crippen LogP contribution in [0, 0.1) is 0 Å². The average Bonchev–Trinajstić information content (AvgIpc) is 2.15. The van der Waals surface area contributed by atoms with Gasteiger partial charge < -0.3 is 9.76 Å². The molecule has 1 rings (SSSR count). The van der Waals surface area contributed by atoms with Crippen LogP contribution in [0.2, 0.25) is 0 Å². The highest BCUT2D eigenvalue weighted by molar-refractivity contribution is 6.46. The van der Waals surface area contributed by atoms with E-state index in [4.69, 9.17) is 4.65 Å². The summed E-state index contributed by atoms with van der Waals surface area (Å²) in [6.07, 6.45) is 3.40. The Balaban J connectivity index is 2.58. The first-order valence-electron chi connectivity index (χ1n) is 4.96. The van der Waals surface area contributed by atoms with Crippen molar-refractivity contribution in [1.82, 2.24) is 4.98 Å². The predicted octanol–water partition coefficient (Wildman–Crippen LogP) is 0.892. The molecule has 1 N–H and O–H groups in total. The summed E-state index contributed by atoms with van der Waals surface area (Å²) >= 11 is 0. The van der Waals surface area contributed by atoms with Crippen molar-refractivity contribution in [2.75, 3.05) is 0 Å². The molecule has 0 spiro atoms. The van der Waals surface area contributed by atoms with E-state index in [1.54, 1.807) is 33.7 Å². The zero-order valence-electron chi connectivity index (χ0n) is 9.69. The van der Waals surface area contributed by atoms with Crippen molar-refractivity contribution < 1.29 is 9.76 Å². The summed E-state index contributed by atoms with van der Waals surface area (Å²) in [4.78, 5) is 3.91. The van der Waals surface area contributed by atoms with Crippen molar-refractivity contribution >= 4 is 12.9 Å². The smallest absolute Gasteiger partial charge is 0.331 e. The van der Waals surface area contributed by atoms with Crippen molar-refractivity contribution in [2.24, 2.45) is 0 Å². The topological polar surface area (TPSA) is 42.4 Å². The van der Waals surface area contributed by atoms with E-state index in [-0.39, 0.29) is 0 Å². The third-order valence-corrected chi connectivity index (χ3v) is 2.67. The minimum Gasteiger partial charge on any atom is -0.427 e. The third kappa shape index (κ3) is 3.32. The summed E-state index contributed by atoms with van der Waals surface area (Å²) in [6.45, 7) is 7.16. The number of aromatic nitrogens is 1. The van der Waals surface area contributed by atoms with E-state index in [9.17, 15) is 5.11 Å². The Morgan fingerprint density at radius 1 is 1.20 bits per heavy atom. The highest BCUT2D eigenvalue weighted by Gasteiger charge is 2.35. The summed E-state index contributed by atoms with van der Waals surface area (Å²) < 4.78 is 5.58. The maximum atomic E-state index is 9.87. The van der Waals surface area contributed by atoms with E-state index in [0.717, 1.165) is 5.46 Å². The molecule has 15 heavy (non-hydrogen) atoms. The summed E-state index contributed by atoms with van der Waals surface area (Å²) in [7, 11) is 1.64.